The molecule has 4 aromatic rings. The Labute approximate surface area is 222 Å². The largest absolute Gasteiger partial charge is 0.465 e. The third-order valence-corrected chi connectivity index (χ3v) is 6.47. The number of aliphatic hydroxyl groups is 1. The van der Waals surface area contributed by atoms with Crippen LogP contribution in [0.5, 0.6) is 0 Å². The first-order chi connectivity index (χ1) is 18.4. The van der Waals surface area contributed by atoms with Crippen LogP contribution in [0.15, 0.2) is 103 Å². The van der Waals surface area contributed by atoms with E-state index in [1.54, 1.807) is 6.07 Å². The summed E-state index contributed by atoms with van der Waals surface area (Å²) in [5, 5.41) is 22.3. The molecule has 194 valence electrons. The zero-order chi connectivity index (χ0) is 26.9. The molecular weight excluding hydrogens is 480 g/mol. The average Bonchev–Trinajstić information content (AvgIpc) is 2.96. The number of hydrogen-bond donors (Lipinski definition) is 1. The Bertz CT molecular complexity index is 1360. The molecule has 7 heteroatoms. The third kappa shape index (κ3) is 6.91. The predicted molar refractivity (Wildman–Crippen MR) is 147 cm³/mol. The molecule has 0 fully saturated rings. The lowest BCUT2D eigenvalue weighted by molar-refractivity contribution is -0.385. The van der Waals surface area contributed by atoms with Crippen molar-refractivity contribution in [2.24, 2.45) is 0 Å². The van der Waals surface area contributed by atoms with Gasteiger partial charge in [-0.25, -0.2) is 4.79 Å². The highest BCUT2D eigenvalue weighted by atomic mass is 16.6. The van der Waals surface area contributed by atoms with E-state index in [0.717, 1.165) is 36.2 Å². The van der Waals surface area contributed by atoms with Gasteiger partial charge in [-0.2, -0.15) is 0 Å². The van der Waals surface area contributed by atoms with Gasteiger partial charge in [-0.05, 0) is 40.3 Å². The summed E-state index contributed by atoms with van der Waals surface area (Å²) in [5.41, 5.74) is 4.28. The summed E-state index contributed by atoms with van der Waals surface area (Å²) in [5.74, 6) is -0.740. The van der Waals surface area contributed by atoms with Crippen molar-refractivity contribution in [3.05, 3.63) is 135 Å². The maximum Gasteiger partial charge on any atom is 0.344 e. The number of rotatable bonds is 11. The molecule has 0 bridgehead atoms. The molecular formula is C31H30N2O5. The molecule has 0 spiro atoms. The van der Waals surface area contributed by atoms with Crippen LogP contribution in [0.3, 0.4) is 0 Å². The number of ether oxygens (including phenoxy) is 1. The topological polar surface area (TPSA) is 92.9 Å². The van der Waals surface area contributed by atoms with Gasteiger partial charge in [-0.3, -0.25) is 15.0 Å². The first kappa shape index (κ1) is 26.7. The Hall–Kier alpha value is -4.33. The Morgan fingerprint density at radius 3 is 2.16 bits per heavy atom. The summed E-state index contributed by atoms with van der Waals surface area (Å²) in [6, 6.07) is 32.2. The molecule has 0 saturated carbocycles. The van der Waals surface area contributed by atoms with Crippen molar-refractivity contribution in [2.75, 3.05) is 20.2 Å². The number of hydrogen-bond acceptors (Lipinski definition) is 6. The lowest BCUT2D eigenvalue weighted by Gasteiger charge is -2.25. The molecule has 0 aliphatic heterocycles. The number of aliphatic hydroxyl groups excluding tert-OH is 1. The molecule has 0 aliphatic rings. The minimum Gasteiger partial charge on any atom is -0.465 e. The van der Waals surface area contributed by atoms with Crippen LogP contribution in [0.2, 0.25) is 0 Å². The van der Waals surface area contributed by atoms with Gasteiger partial charge in [0.2, 0.25) is 0 Å². The van der Waals surface area contributed by atoms with E-state index in [4.69, 9.17) is 0 Å². The highest BCUT2D eigenvalue weighted by Gasteiger charge is 2.21. The number of methoxy groups -OCH3 is 1. The van der Waals surface area contributed by atoms with Crippen LogP contribution >= 0.6 is 0 Å². The SMILES string of the molecule is COC(=O)c1ccc(-c2ccc(CCN(Cc3ccccc3)C[C@@H](O)c3ccccc3)cc2)cc1[N+](=O)[O-]. The summed E-state index contributed by atoms with van der Waals surface area (Å²) < 4.78 is 4.66. The minimum atomic E-state index is -0.740. The Morgan fingerprint density at radius 1 is 0.895 bits per heavy atom. The molecule has 4 rings (SSSR count). The van der Waals surface area contributed by atoms with Gasteiger partial charge in [0.05, 0.1) is 18.1 Å². The average molecular weight is 511 g/mol. The maximum atomic E-state index is 11.9. The first-order valence-corrected chi connectivity index (χ1v) is 12.4. The molecule has 0 heterocycles. The Balaban J connectivity index is 1.47. The number of nitrogens with zero attached hydrogens (tertiary/aromatic N) is 2. The summed E-state index contributed by atoms with van der Waals surface area (Å²) in [6.07, 6.45) is 0.182. The van der Waals surface area contributed by atoms with Crippen molar-refractivity contribution in [3.8, 4) is 11.1 Å². The fourth-order valence-electron chi connectivity index (χ4n) is 4.40. The van der Waals surface area contributed by atoms with E-state index in [2.05, 4.69) is 21.8 Å². The fraction of sp³-hybridized carbons (Fsp3) is 0.194. The summed E-state index contributed by atoms with van der Waals surface area (Å²) in [4.78, 5) is 25.0. The van der Waals surface area contributed by atoms with Crippen molar-refractivity contribution in [1.82, 2.24) is 4.90 Å². The van der Waals surface area contributed by atoms with E-state index in [1.165, 1.54) is 24.8 Å². The molecule has 38 heavy (non-hydrogen) atoms. The van der Waals surface area contributed by atoms with Gasteiger partial charge in [-0.15, -0.1) is 0 Å². The summed E-state index contributed by atoms with van der Waals surface area (Å²) in [7, 11) is 1.20. The molecule has 4 aromatic carbocycles. The Morgan fingerprint density at radius 2 is 1.53 bits per heavy atom. The fourth-order valence-corrected chi connectivity index (χ4v) is 4.40. The number of carbonyl (C=O) groups excluding carboxylic acids is 1. The van der Waals surface area contributed by atoms with E-state index in [-0.39, 0.29) is 11.3 Å². The van der Waals surface area contributed by atoms with Crippen molar-refractivity contribution < 1.29 is 19.6 Å². The van der Waals surface area contributed by atoms with Gasteiger partial charge < -0.3 is 9.84 Å². The van der Waals surface area contributed by atoms with Crippen LogP contribution in [-0.2, 0) is 17.7 Å². The highest BCUT2D eigenvalue weighted by molar-refractivity contribution is 5.94. The molecule has 0 amide bonds. The predicted octanol–water partition coefficient (Wildman–Crippen LogP) is 5.83. The molecule has 0 unspecified atom stereocenters. The first-order valence-electron chi connectivity index (χ1n) is 12.4. The quantitative estimate of drug-likeness (QED) is 0.155. The molecule has 0 radical (unpaired) electrons. The molecule has 0 aliphatic carbocycles. The third-order valence-electron chi connectivity index (χ3n) is 6.47. The number of nitro benzene ring substituents is 1. The zero-order valence-electron chi connectivity index (χ0n) is 21.2. The van der Waals surface area contributed by atoms with E-state index in [1.807, 2.05) is 72.8 Å². The smallest absolute Gasteiger partial charge is 0.344 e. The second kappa shape index (κ2) is 12.8. The zero-order valence-corrected chi connectivity index (χ0v) is 21.2. The van der Waals surface area contributed by atoms with Crippen LogP contribution in [-0.4, -0.2) is 41.1 Å². The van der Waals surface area contributed by atoms with E-state index in [0.29, 0.717) is 12.1 Å². The van der Waals surface area contributed by atoms with Crippen LogP contribution in [0.25, 0.3) is 11.1 Å². The van der Waals surface area contributed by atoms with Gasteiger partial charge in [-0.1, -0.05) is 91.0 Å². The van der Waals surface area contributed by atoms with Gasteiger partial charge >= 0.3 is 5.97 Å². The van der Waals surface area contributed by atoms with E-state index in [9.17, 15) is 20.0 Å². The normalized spacial score (nSPS) is 11.8. The number of benzene rings is 4. The number of carbonyl (C=O) groups is 1. The van der Waals surface area contributed by atoms with Crippen LogP contribution in [0, 0.1) is 10.1 Å². The molecule has 0 saturated heterocycles. The molecule has 1 N–H and O–H groups in total. The van der Waals surface area contributed by atoms with E-state index >= 15 is 0 Å². The number of nitro groups is 1. The van der Waals surface area contributed by atoms with Crippen LogP contribution in [0.1, 0.15) is 33.2 Å². The van der Waals surface area contributed by atoms with Gasteiger partial charge in [0.25, 0.3) is 5.69 Å². The molecule has 7 nitrogen and oxygen atoms in total. The number of esters is 1. The van der Waals surface area contributed by atoms with Crippen molar-refractivity contribution in [3.63, 3.8) is 0 Å². The van der Waals surface area contributed by atoms with Gasteiger partial charge in [0.15, 0.2) is 0 Å². The van der Waals surface area contributed by atoms with E-state index < -0.39 is 17.0 Å². The standard InChI is InChI=1S/C31H30N2O5/c1-38-31(35)28-17-16-27(20-29(28)33(36)37)25-14-12-23(13-15-25)18-19-32(21-24-8-4-2-5-9-24)22-30(34)26-10-6-3-7-11-26/h2-17,20,30,34H,18-19,21-22H2,1H3/t30-/m1/s1. The Kier molecular flexibility index (Phi) is 8.98. The minimum absolute atomic E-state index is 0.0749. The van der Waals surface area contributed by atoms with Crippen LogP contribution < -0.4 is 0 Å². The van der Waals surface area contributed by atoms with Gasteiger partial charge in [0.1, 0.15) is 5.56 Å². The van der Waals surface area contributed by atoms with Crippen molar-refractivity contribution >= 4 is 11.7 Å². The second-order valence-electron chi connectivity index (χ2n) is 9.07. The second-order valence-corrected chi connectivity index (χ2v) is 9.07. The lowest BCUT2D eigenvalue weighted by atomic mass is 10.00. The van der Waals surface area contributed by atoms with Gasteiger partial charge in [0, 0.05) is 25.7 Å². The summed E-state index contributed by atoms with van der Waals surface area (Å²) >= 11 is 0. The highest BCUT2D eigenvalue weighted by Crippen LogP contribution is 2.28. The molecule has 0 aromatic heterocycles. The lowest BCUT2D eigenvalue weighted by Crippen LogP contribution is -2.30. The van der Waals surface area contributed by atoms with Crippen LogP contribution in [0.4, 0.5) is 5.69 Å². The maximum absolute atomic E-state index is 11.9. The van der Waals surface area contributed by atoms with Crippen molar-refractivity contribution in [1.29, 1.82) is 0 Å². The molecule has 1 atom stereocenters. The summed E-state index contributed by atoms with van der Waals surface area (Å²) in [6.45, 7) is 1.98. The monoisotopic (exact) mass is 510 g/mol. The van der Waals surface area contributed by atoms with Crippen molar-refractivity contribution in [2.45, 2.75) is 19.1 Å².